The van der Waals surface area contributed by atoms with Crippen molar-refractivity contribution in [1.29, 1.82) is 0 Å². The second-order valence-electron chi connectivity index (χ2n) is 8.24. The van der Waals surface area contributed by atoms with E-state index in [2.05, 4.69) is 5.32 Å². The van der Waals surface area contributed by atoms with Gasteiger partial charge in [0.15, 0.2) is 0 Å². The Balaban J connectivity index is 1.62. The van der Waals surface area contributed by atoms with E-state index in [0.29, 0.717) is 36.5 Å². The lowest BCUT2D eigenvalue weighted by Crippen LogP contribution is -2.41. The molecule has 0 unspecified atom stereocenters. The molecule has 2 amide bonds. The maximum atomic E-state index is 13.2. The van der Waals surface area contributed by atoms with Gasteiger partial charge in [-0.1, -0.05) is 29.8 Å². The van der Waals surface area contributed by atoms with E-state index >= 15 is 0 Å². The van der Waals surface area contributed by atoms with E-state index in [1.165, 1.54) is 4.31 Å². The molecule has 0 spiro atoms. The minimum absolute atomic E-state index is 0.123. The minimum atomic E-state index is -3.60. The van der Waals surface area contributed by atoms with Crippen molar-refractivity contribution in [2.75, 3.05) is 18.4 Å². The summed E-state index contributed by atoms with van der Waals surface area (Å²) in [7, 11) is -3.60. The summed E-state index contributed by atoms with van der Waals surface area (Å²) in [6.45, 7) is 6.21. The number of primary amides is 1. The highest BCUT2D eigenvalue weighted by molar-refractivity contribution is 7.89. The van der Waals surface area contributed by atoms with Gasteiger partial charge in [-0.2, -0.15) is 4.31 Å². The Morgan fingerprint density at radius 3 is 2.10 bits per heavy atom. The number of rotatable bonds is 6. The molecule has 1 heterocycles. The van der Waals surface area contributed by atoms with Crippen molar-refractivity contribution in [2.45, 2.75) is 44.9 Å². The number of benzene rings is 2. The van der Waals surface area contributed by atoms with Crippen molar-refractivity contribution in [3.8, 4) is 0 Å². The summed E-state index contributed by atoms with van der Waals surface area (Å²) in [5.74, 6) is -0.783. The molecule has 1 aliphatic rings. The molecule has 166 valence electrons. The molecular weight excluding hydrogens is 414 g/mol. The lowest BCUT2D eigenvalue weighted by Gasteiger charge is -2.31. The lowest BCUT2D eigenvalue weighted by molar-refractivity contribution is -0.121. The van der Waals surface area contributed by atoms with Gasteiger partial charge in [0.1, 0.15) is 0 Å². The van der Waals surface area contributed by atoms with Crippen molar-refractivity contribution in [3.05, 3.63) is 58.7 Å². The van der Waals surface area contributed by atoms with Crippen LogP contribution >= 0.6 is 0 Å². The Labute approximate surface area is 183 Å². The smallest absolute Gasteiger partial charge is 0.243 e. The van der Waals surface area contributed by atoms with Crippen LogP contribution in [0.3, 0.4) is 0 Å². The van der Waals surface area contributed by atoms with Gasteiger partial charge in [-0.3, -0.25) is 9.59 Å². The van der Waals surface area contributed by atoms with Crippen LogP contribution in [0, 0.1) is 26.7 Å². The highest BCUT2D eigenvalue weighted by Crippen LogP contribution is 2.29. The fraction of sp³-hybridized carbons (Fsp3) is 0.391. The van der Waals surface area contributed by atoms with Gasteiger partial charge in [0.25, 0.3) is 0 Å². The van der Waals surface area contributed by atoms with E-state index < -0.39 is 15.9 Å². The van der Waals surface area contributed by atoms with Gasteiger partial charge < -0.3 is 11.1 Å². The Bertz CT molecular complexity index is 1060. The number of carbonyl (C=O) groups is 2. The molecule has 0 atom stereocenters. The monoisotopic (exact) mass is 443 g/mol. The van der Waals surface area contributed by atoms with Crippen LogP contribution < -0.4 is 11.1 Å². The Hall–Kier alpha value is -2.71. The zero-order chi connectivity index (χ0) is 22.8. The number of amides is 2. The first kappa shape index (κ1) is 23.0. The van der Waals surface area contributed by atoms with Crippen LogP contribution in [0.15, 0.2) is 41.3 Å². The summed E-state index contributed by atoms with van der Waals surface area (Å²) >= 11 is 0. The number of hydrogen-bond acceptors (Lipinski definition) is 4. The maximum absolute atomic E-state index is 13.2. The van der Waals surface area contributed by atoms with Gasteiger partial charge in [0.2, 0.25) is 21.8 Å². The van der Waals surface area contributed by atoms with Crippen LogP contribution in [-0.4, -0.2) is 37.6 Å². The molecule has 0 saturated carbocycles. The highest BCUT2D eigenvalue weighted by Gasteiger charge is 2.33. The third-order valence-corrected chi connectivity index (χ3v) is 7.83. The largest absolute Gasteiger partial charge is 0.369 e. The molecule has 0 radical (unpaired) electrons. The lowest BCUT2D eigenvalue weighted by atomic mass is 9.97. The first-order valence-corrected chi connectivity index (χ1v) is 11.8. The average Bonchev–Trinajstić information content (AvgIpc) is 2.68. The maximum Gasteiger partial charge on any atom is 0.243 e. The molecule has 1 saturated heterocycles. The first-order valence-electron chi connectivity index (χ1n) is 10.3. The summed E-state index contributed by atoms with van der Waals surface area (Å²) < 4.78 is 27.9. The molecule has 7 nitrogen and oxygen atoms in total. The standard InChI is InChI=1S/C23H29N3O4S/c1-15-12-16(2)22(17(3)13-15)31(29,30)26-10-8-19(9-11-26)23(28)25-20-6-4-18(5-7-20)14-21(24)27/h4-7,12-13,19H,8-11,14H2,1-3H3,(H2,24,27)(H,25,28). The van der Waals surface area contributed by atoms with Gasteiger partial charge in [-0.15, -0.1) is 0 Å². The first-order chi connectivity index (χ1) is 14.6. The molecule has 0 bridgehead atoms. The molecule has 0 aromatic heterocycles. The second-order valence-corrected chi connectivity index (χ2v) is 10.1. The molecule has 1 aliphatic heterocycles. The van der Waals surface area contributed by atoms with E-state index in [-0.39, 0.29) is 18.2 Å². The van der Waals surface area contributed by atoms with Crippen LogP contribution in [0.4, 0.5) is 5.69 Å². The number of nitrogens with one attached hydrogen (secondary N) is 1. The van der Waals surface area contributed by atoms with E-state index in [0.717, 1.165) is 22.3 Å². The summed E-state index contributed by atoms with van der Waals surface area (Å²) in [6.07, 6.45) is 1.09. The molecule has 31 heavy (non-hydrogen) atoms. The summed E-state index contributed by atoms with van der Waals surface area (Å²) in [6, 6.07) is 10.7. The Morgan fingerprint density at radius 2 is 1.58 bits per heavy atom. The number of piperidine rings is 1. The second kappa shape index (κ2) is 9.20. The van der Waals surface area contributed by atoms with Crippen LogP contribution in [0.1, 0.15) is 35.1 Å². The topological polar surface area (TPSA) is 110 Å². The third kappa shape index (κ3) is 5.32. The van der Waals surface area contributed by atoms with Crippen LogP contribution in [0.25, 0.3) is 0 Å². The number of sulfonamides is 1. The molecule has 2 aromatic carbocycles. The quantitative estimate of drug-likeness (QED) is 0.715. The molecule has 2 aromatic rings. The predicted octanol–water partition coefficient (Wildman–Crippen LogP) is 2.68. The van der Waals surface area contributed by atoms with E-state index in [1.54, 1.807) is 24.3 Å². The molecular formula is C23H29N3O4S. The Kier molecular flexibility index (Phi) is 6.81. The van der Waals surface area contributed by atoms with E-state index in [9.17, 15) is 18.0 Å². The average molecular weight is 444 g/mol. The fourth-order valence-electron chi connectivity index (χ4n) is 4.21. The fourth-order valence-corrected chi connectivity index (χ4v) is 6.09. The van der Waals surface area contributed by atoms with Crippen LogP contribution in [0.2, 0.25) is 0 Å². The van der Waals surface area contributed by atoms with Gasteiger partial charge in [-0.05, 0) is 62.4 Å². The number of nitrogens with zero attached hydrogens (tertiary/aromatic N) is 1. The predicted molar refractivity (Wildman–Crippen MR) is 120 cm³/mol. The van der Waals surface area contributed by atoms with Crippen molar-refractivity contribution >= 4 is 27.5 Å². The molecule has 0 aliphatic carbocycles. The van der Waals surface area contributed by atoms with Crippen molar-refractivity contribution in [3.63, 3.8) is 0 Å². The van der Waals surface area contributed by atoms with Crippen molar-refractivity contribution in [2.24, 2.45) is 11.7 Å². The normalized spacial score (nSPS) is 15.6. The highest BCUT2D eigenvalue weighted by atomic mass is 32.2. The number of hydrogen-bond donors (Lipinski definition) is 2. The molecule has 1 fully saturated rings. The zero-order valence-corrected chi connectivity index (χ0v) is 19.0. The molecule has 3 N–H and O–H groups in total. The minimum Gasteiger partial charge on any atom is -0.369 e. The number of aryl methyl sites for hydroxylation is 3. The van der Waals surface area contributed by atoms with Gasteiger partial charge in [0.05, 0.1) is 11.3 Å². The van der Waals surface area contributed by atoms with Gasteiger partial charge >= 0.3 is 0 Å². The Morgan fingerprint density at radius 1 is 1.03 bits per heavy atom. The van der Waals surface area contributed by atoms with E-state index in [1.807, 2.05) is 32.9 Å². The number of nitrogens with two attached hydrogens (primary N) is 1. The van der Waals surface area contributed by atoms with Gasteiger partial charge in [0, 0.05) is 24.7 Å². The van der Waals surface area contributed by atoms with Gasteiger partial charge in [-0.25, -0.2) is 8.42 Å². The zero-order valence-electron chi connectivity index (χ0n) is 18.1. The van der Waals surface area contributed by atoms with Crippen LogP contribution in [-0.2, 0) is 26.0 Å². The third-order valence-electron chi connectivity index (χ3n) is 5.63. The van der Waals surface area contributed by atoms with Crippen molar-refractivity contribution in [1.82, 2.24) is 4.31 Å². The SMILES string of the molecule is Cc1cc(C)c(S(=O)(=O)N2CCC(C(=O)Nc3ccc(CC(N)=O)cc3)CC2)c(C)c1. The van der Waals surface area contributed by atoms with Crippen molar-refractivity contribution < 1.29 is 18.0 Å². The number of carbonyl (C=O) groups excluding carboxylic acids is 2. The summed E-state index contributed by atoms with van der Waals surface area (Å²) in [5.41, 5.74) is 9.14. The molecule has 3 rings (SSSR count). The number of anilines is 1. The van der Waals surface area contributed by atoms with E-state index in [4.69, 9.17) is 5.73 Å². The van der Waals surface area contributed by atoms with Crippen LogP contribution in [0.5, 0.6) is 0 Å². The molecule has 8 heteroatoms. The summed E-state index contributed by atoms with van der Waals surface area (Å²) in [5, 5.41) is 2.88. The summed E-state index contributed by atoms with van der Waals surface area (Å²) in [4.78, 5) is 24.0.